The van der Waals surface area contributed by atoms with Crippen molar-refractivity contribution in [2.75, 3.05) is 0 Å². The van der Waals surface area contributed by atoms with Crippen LogP contribution in [0.1, 0.15) is 0 Å². The highest BCUT2D eigenvalue weighted by atomic mass is 15.1. The molecule has 0 unspecified atom stereocenters. The Morgan fingerprint density at radius 1 is 0.267 bits per heavy atom. The minimum absolute atomic E-state index is 0.819. The van der Waals surface area contributed by atoms with E-state index in [0.717, 1.165) is 50.4 Å². The molecule has 0 aliphatic carbocycles. The Bertz CT molecular complexity index is 3530. The Kier molecular flexibility index (Phi) is 7.82. The fourth-order valence-corrected chi connectivity index (χ4v) is 9.08. The van der Waals surface area contributed by atoms with Gasteiger partial charge in [-0.25, -0.2) is 9.97 Å². The molecule has 12 rings (SSSR count). The monoisotopic (exact) mass is 764 g/mol. The molecule has 0 bridgehead atoms. The molecule has 0 N–H and O–H groups in total. The highest BCUT2D eigenvalue weighted by Gasteiger charge is 2.21. The topological polar surface area (TPSA) is 35.6 Å². The van der Waals surface area contributed by atoms with E-state index in [1.165, 1.54) is 60.4 Å². The minimum Gasteiger partial charge on any atom is -0.309 e. The summed E-state index contributed by atoms with van der Waals surface area (Å²) in [6.45, 7) is 0. The maximum atomic E-state index is 5.31. The molecule has 0 amide bonds. The van der Waals surface area contributed by atoms with Gasteiger partial charge >= 0.3 is 0 Å². The summed E-state index contributed by atoms with van der Waals surface area (Å²) in [5.74, 6) is 0.819. The van der Waals surface area contributed by atoms with E-state index in [0.29, 0.717) is 0 Å². The summed E-state index contributed by atoms with van der Waals surface area (Å²) in [5.41, 5.74) is 16.4. The lowest BCUT2D eigenvalue weighted by Crippen LogP contribution is -2.03. The van der Waals surface area contributed by atoms with Crippen LogP contribution in [0.3, 0.4) is 0 Å². The molecule has 0 atom stereocenters. The molecule has 60 heavy (non-hydrogen) atoms. The Labute approximate surface area is 346 Å². The summed E-state index contributed by atoms with van der Waals surface area (Å²) in [7, 11) is 0. The van der Waals surface area contributed by atoms with E-state index in [4.69, 9.17) is 9.97 Å². The van der Waals surface area contributed by atoms with Crippen LogP contribution >= 0.6 is 0 Å². The number of aromatic nitrogens is 4. The van der Waals surface area contributed by atoms with Crippen molar-refractivity contribution in [3.8, 4) is 56.1 Å². The van der Waals surface area contributed by atoms with Gasteiger partial charge in [-0.3, -0.25) is 4.57 Å². The number of benzene rings is 9. The van der Waals surface area contributed by atoms with Crippen LogP contribution in [-0.4, -0.2) is 19.1 Å². The van der Waals surface area contributed by atoms with Gasteiger partial charge in [-0.2, -0.15) is 0 Å². The van der Waals surface area contributed by atoms with Gasteiger partial charge in [-0.15, -0.1) is 0 Å². The van der Waals surface area contributed by atoms with Crippen molar-refractivity contribution in [1.82, 2.24) is 19.1 Å². The quantitative estimate of drug-likeness (QED) is 0.169. The van der Waals surface area contributed by atoms with Gasteiger partial charge < -0.3 is 4.57 Å². The maximum absolute atomic E-state index is 5.31. The van der Waals surface area contributed by atoms with Crippen LogP contribution in [0, 0.1) is 0 Å². The average molecular weight is 765 g/mol. The van der Waals surface area contributed by atoms with Crippen LogP contribution in [0.25, 0.3) is 111 Å². The van der Waals surface area contributed by atoms with Crippen molar-refractivity contribution in [2.24, 2.45) is 0 Å². The molecule has 0 aliphatic heterocycles. The van der Waals surface area contributed by atoms with Gasteiger partial charge in [0, 0.05) is 32.8 Å². The Morgan fingerprint density at radius 2 is 0.700 bits per heavy atom. The van der Waals surface area contributed by atoms with Crippen LogP contribution < -0.4 is 0 Å². The molecule has 4 heteroatoms. The fourth-order valence-electron chi connectivity index (χ4n) is 9.08. The molecule has 3 heterocycles. The first-order valence-electron chi connectivity index (χ1n) is 20.4. The second-order valence-electron chi connectivity index (χ2n) is 15.4. The Balaban J connectivity index is 1.04. The molecular weight excluding hydrogens is 729 g/mol. The lowest BCUT2D eigenvalue weighted by atomic mass is 9.98. The molecule has 0 spiro atoms. The van der Waals surface area contributed by atoms with Gasteiger partial charge in [0.2, 0.25) is 0 Å². The van der Waals surface area contributed by atoms with Crippen LogP contribution in [0.2, 0.25) is 0 Å². The average Bonchev–Trinajstić information content (AvgIpc) is 3.84. The maximum Gasteiger partial charge on any atom is 0.165 e. The number of fused-ring (bicyclic) bond motifs is 7. The first-order chi connectivity index (χ1) is 29.7. The zero-order valence-corrected chi connectivity index (χ0v) is 32.6. The van der Waals surface area contributed by atoms with Gasteiger partial charge in [0.1, 0.15) is 5.69 Å². The number of nitrogens with zero attached hydrogens (tertiary/aromatic N) is 4. The van der Waals surface area contributed by atoms with Gasteiger partial charge in [0.05, 0.1) is 33.1 Å². The van der Waals surface area contributed by atoms with E-state index in [1.807, 2.05) is 30.3 Å². The molecule has 4 nitrogen and oxygen atoms in total. The van der Waals surface area contributed by atoms with Crippen LogP contribution in [0.4, 0.5) is 0 Å². The highest BCUT2D eigenvalue weighted by Crippen LogP contribution is 2.40. The lowest BCUT2D eigenvalue weighted by molar-refractivity contribution is 1.08. The van der Waals surface area contributed by atoms with Crippen molar-refractivity contribution in [1.29, 1.82) is 0 Å². The highest BCUT2D eigenvalue weighted by molar-refractivity contribution is 6.13. The fraction of sp³-hybridized carbons (Fsp3) is 0. The molecule has 0 saturated carbocycles. The molecule has 0 radical (unpaired) electrons. The molecule has 280 valence electrons. The van der Waals surface area contributed by atoms with Crippen molar-refractivity contribution in [3.63, 3.8) is 0 Å². The predicted octanol–water partition coefficient (Wildman–Crippen LogP) is 14.5. The molecule has 0 fully saturated rings. The van der Waals surface area contributed by atoms with E-state index in [9.17, 15) is 0 Å². The molecule has 0 aliphatic rings. The summed E-state index contributed by atoms with van der Waals surface area (Å²) in [6.07, 6.45) is 0. The van der Waals surface area contributed by atoms with Crippen LogP contribution in [0.5, 0.6) is 0 Å². The predicted molar refractivity (Wildman–Crippen MR) is 250 cm³/mol. The van der Waals surface area contributed by atoms with Crippen molar-refractivity contribution in [3.05, 3.63) is 218 Å². The van der Waals surface area contributed by atoms with Gasteiger partial charge in [-0.05, 0) is 100 Å². The SMILES string of the molecule is c1ccc(-c2cc(-c3ccccc3)cc(-n3c4ccccc4c4cc(-c5ccc6c(c5)c5ccccc5n6-c5nc6ccccc6nc5-c5ccccc5)ccc43)c2)cc1. The number of hydrogen-bond donors (Lipinski definition) is 0. The number of hydrogen-bond acceptors (Lipinski definition) is 2. The third-order valence-electron chi connectivity index (χ3n) is 11.9. The van der Waals surface area contributed by atoms with Crippen molar-refractivity contribution < 1.29 is 0 Å². The van der Waals surface area contributed by atoms with Crippen LogP contribution in [-0.2, 0) is 0 Å². The first kappa shape index (κ1) is 34.0. The lowest BCUT2D eigenvalue weighted by Gasteiger charge is -2.14. The first-order valence-corrected chi connectivity index (χ1v) is 20.4. The number of rotatable bonds is 6. The van der Waals surface area contributed by atoms with E-state index in [-0.39, 0.29) is 0 Å². The van der Waals surface area contributed by atoms with E-state index < -0.39 is 0 Å². The van der Waals surface area contributed by atoms with Gasteiger partial charge in [0.25, 0.3) is 0 Å². The molecular formula is C56H36N4. The second-order valence-corrected chi connectivity index (χ2v) is 15.4. The summed E-state index contributed by atoms with van der Waals surface area (Å²) in [5, 5.41) is 4.79. The molecule has 3 aromatic heterocycles. The Hall–Kier alpha value is -8.08. The zero-order chi connectivity index (χ0) is 39.6. The minimum atomic E-state index is 0.819. The van der Waals surface area contributed by atoms with E-state index in [1.54, 1.807) is 0 Å². The van der Waals surface area contributed by atoms with E-state index in [2.05, 4.69) is 197 Å². The third kappa shape index (κ3) is 5.53. The Morgan fingerprint density at radius 3 is 1.27 bits per heavy atom. The molecule has 12 aromatic rings. The number of para-hydroxylation sites is 4. The summed E-state index contributed by atoms with van der Waals surface area (Å²) < 4.78 is 4.72. The van der Waals surface area contributed by atoms with Crippen LogP contribution in [0.15, 0.2) is 218 Å². The van der Waals surface area contributed by atoms with Crippen molar-refractivity contribution >= 4 is 54.6 Å². The third-order valence-corrected chi connectivity index (χ3v) is 11.9. The second kappa shape index (κ2) is 13.8. The van der Waals surface area contributed by atoms with Gasteiger partial charge in [-0.1, -0.05) is 152 Å². The summed E-state index contributed by atoms with van der Waals surface area (Å²) >= 11 is 0. The zero-order valence-electron chi connectivity index (χ0n) is 32.6. The summed E-state index contributed by atoms with van der Waals surface area (Å²) in [4.78, 5) is 10.5. The van der Waals surface area contributed by atoms with Gasteiger partial charge in [0.15, 0.2) is 5.82 Å². The standard InChI is InChI=1S/C56H36N4/c1-4-16-37(17-5-1)42-32-43(38-18-6-2-7-19-38)34-44(33-42)59-51-26-14-10-22-45(51)47-35-40(28-30-53(47)59)41-29-31-54-48(36-41)46-23-11-15-27-52(46)60(54)56-55(39-20-8-3-9-21-39)57-49-24-12-13-25-50(49)58-56/h1-36H. The molecule has 9 aromatic carbocycles. The van der Waals surface area contributed by atoms with E-state index >= 15 is 0 Å². The largest absolute Gasteiger partial charge is 0.309 e. The molecule has 0 saturated heterocycles. The normalized spacial score (nSPS) is 11.7. The summed E-state index contributed by atoms with van der Waals surface area (Å²) in [6, 6.07) is 78.1. The smallest absolute Gasteiger partial charge is 0.165 e. The van der Waals surface area contributed by atoms with Crippen molar-refractivity contribution in [2.45, 2.75) is 0 Å².